The van der Waals surface area contributed by atoms with Gasteiger partial charge < -0.3 is 9.80 Å². The molecule has 0 saturated heterocycles. The van der Waals surface area contributed by atoms with Gasteiger partial charge in [0.1, 0.15) is 6.17 Å². The lowest BCUT2D eigenvalue weighted by molar-refractivity contribution is 0.723. The molecule has 5 rings (SSSR count). The summed E-state index contributed by atoms with van der Waals surface area (Å²) in [5, 5.41) is 0. The predicted octanol–water partition coefficient (Wildman–Crippen LogP) is 3.65. The van der Waals surface area contributed by atoms with E-state index >= 15 is 0 Å². The molecule has 0 aliphatic carbocycles. The molecule has 4 heteroatoms. The van der Waals surface area contributed by atoms with Crippen molar-refractivity contribution in [3.8, 4) is 0 Å². The van der Waals surface area contributed by atoms with Gasteiger partial charge in [-0.3, -0.25) is 0 Å². The molecule has 0 N–H and O–H groups in total. The Balaban J connectivity index is 1.73. The number of nitrogens with zero attached hydrogens (tertiary/aromatic N) is 4. The summed E-state index contributed by atoms with van der Waals surface area (Å²) in [4.78, 5) is 13.8. The fraction of sp³-hybridized carbons (Fsp3) is 0.111. The van der Waals surface area contributed by atoms with Crippen LogP contribution in [-0.4, -0.2) is 16.1 Å². The van der Waals surface area contributed by atoms with Crippen molar-refractivity contribution in [1.82, 2.24) is 9.97 Å². The first-order valence-electron chi connectivity index (χ1n) is 7.46. The summed E-state index contributed by atoms with van der Waals surface area (Å²) in [6.07, 6.45) is 4.73. The molecule has 0 saturated carbocycles. The Bertz CT molecular complexity index is 831. The van der Waals surface area contributed by atoms with E-state index in [0.29, 0.717) is 0 Å². The SMILES string of the molecule is c1ccc(N2c3nccnc3N3c4ccccc4CC23)cc1. The van der Waals surface area contributed by atoms with Crippen LogP contribution in [0.15, 0.2) is 67.0 Å². The van der Waals surface area contributed by atoms with Crippen LogP contribution in [-0.2, 0) is 6.42 Å². The summed E-state index contributed by atoms with van der Waals surface area (Å²) < 4.78 is 0. The molecular weight excluding hydrogens is 272 g/mol. The Hall–Kier alpha value is -2.88. The molecule has 0 fully saturated rings. The number of anilines is 4. The van der Waals surface area contributed by atoms with E-state index in [4.69, 9.17) is 0 Å². The maximum atomic E-state index is 4.60. The van der Waals surface area contributed by atoms with E-state index < -0.39 is 0 Å². The maximum Gasteiger partial charge on any atom is 0.178 e. The summed E-state index contributed by atoms with van der Waals surface area (Å²) in [5.74, 6) is 1.88. The zero-order valence-corrected chi connectivity index (χ0v) is 11.9. The van der Waals surface area contributed by atoms with Gasteiger partial charge in [-0.2, -0.15) is 0 Å². The second-order valence-electron chi connectivity index (χ2n) is 5.59. The Labute approximate surface area is 128 Å². The minimum Gasteiger partial charge on any atom is -0.302 e. The van der Waals surface area contributed by atoms with Crippen molar-refractivity contribution in [3.05, 3.63) is 72.6 Å². The van der Waals surface area contributed by atoms with Crippen molar-refractivity contribution in [3.63, 3.8) is 0 Å². The lowest BCUT2D eigenvalue weighted by Gasteiger charge is -2.26. The van der Waals surface area contributed by atoms with Gasteiger partial charge >= 0.3 is 0 Å². The Kier molecular flexibility index (Phi) is 2.30. The molecule has 22 heavy (non-hydrogen) atoms. The van der Waals surface area contributed by atoms with Crippen molar-refractivity contribution in [2.24, 2.45) is 0 Å². The van der Waals surface area contributed by atoms with Crippen LogP contribution in [0.25, 0.3) is 0 Å². The lowest BCUT2D eigenvalue weighted by Crippen LogP contribution is -2.35. The quantitative estimate of drug-likeness (QED) is 0.683. The van der Waals surface area contributed by atoms with Gasteiger partial charge in [0.15, 0.2) is 11.6 Å². The summed E-state index contributed by atoms with van der Waals surface area (Å²) in [5.41, 5.74) is 3.77. The number of rotatable bonds is 1. The average molecular weight is 286 g/mol. The minimum atomic E-state index is 0.220. The first-order valence-corrected chi connectivity index (χ1v) is 7.46. The van der Waals surface area contributed by atoms with Gasteiger partial charge in [0.05, 0.1) is 0 Å². The van der Waals surface area contributed by atoms with E-state index in [1.54, 1.807) is 12.4 Å². The number of aromatic nitrogens is 2. The highest BCUT2D eigenvalue weighted by atomic mass is 15.5. The monoisotopic (exact) mass is 286 g/mol. The van der Waals surface area contributed by atoms with E-state index in [2.05, 4.69) is 68.3 Å². The van der Waals surface area contributed by atoms with E-state index in [9.17, 15) is 0 Å². The standard InChI is InChI=1S/C18H14N4/c1-2-7-14(8-3-1)21-16-12-13-6-4-5-9-15(13)22(16)18-17(21)19-10-11-20-18/h1-11,16H,12H2. The Morgan fingerprint density at radius 1 is 0.773 bits per heavy atom. The molecule has 4 nitrogen and oxygen atoms in total. The van der Waals surface area contributed by atoms with Crippen molar-refractivity contribution in [2.45, 2.75) is 12.6 Å². The summed E-state index contributed by atoms with van der Waals surface area (Å²) in [6.45, 7) is 0. The third-order valence-electron chi connectivity index (χ3n) is 4.40. The van der Waals surface area contributed by atoms with Crippen molar-refractivity contribution in [1.29, 1.82) is 0 Å². The van der Waals surface area contributed by atoms with Crippen LogP contribution < -0.4 is 9.80 Å². The number of benzene rings is 2. The Morgan fingerprint density at radius 2 is 1.45 bits per heavy atom. The third kappa shape index (κ3) is 1.46. The number of hydrogen-bond donors (Lipinski definition) is 0. The first kappa shape index (κ1) is 11.7. The molecule has 3 heterocycles. The highest BCUT2D eigenvalue weighted by molar-refractivity contribution is 5.86. The number of para-hydroxylation sites is 2. The van der Waals surface area contributed by atoms with E-state index in [1.807, 2.05) is 6.07 Å². The van der Waals surface area contributed by atoms with Crippen LogP contribution in [0.4, 0.5) is 23.0 Å². The van der Waals surface area contributed by atoms with E-state index in [-0.39, 0.29) is 6.17 Å². The molecule has 0 radical (unpaired) electrons. The molecule has 3 aromatic rings. The number of fused-ring (bicyclic) bond motifs is 5. The second kappa shape index (κ2) is 4.31. The largest absolute Gasteiger partial charge is 0.302 e. The van der Waals surface area contributed by atoms with Gasteiger partial charge in [-0.15, -0.1) is 0 Å². The fourth-order valence-corrected chi connectivity index (χ4v) is 3.52. The minimum absolute atomic E-state index is 0.220. The topological polar surface area (TPSA) is 32.3 Å². The lowest BCUT2D eigenvalue weighted by atomic mass is 10.1. The smallest absolute Gasteiger partial charge is 0.178 e. The van der Waals surface area contributed by atoms with E-state index in [1.165, 1.54) is 11.3 Å². The molecule has 0 bridgehead atoms. The van der Waals surface area contributed by atoms with Crippen LogP contribution in [0, 0.1) is 0 Å². The zero-order valence-electron chi connectivity index (χ0n) is 11.9. The normalized spacial score (nSPS) is 18.1. The van der Waals surface area contributed by atoms with Gasteiger partial charge in [-0.1, -0.05) is 36.4 Å². The number of hydrogen-bond acceptors (Lipinski definition) is 4. The molecule has 2 aliphatic heterocycles. The van der Waals surface area contributed by atoms with Crippen LogP contribution in [0.1, 0.15) is 5.56 Å². The molecular formula is C18H14N4. The van der Waals surface area contributed by atoms with Crippen LogP contribution in [0.3, 0.4) is 0 Å². The van der Waals surface area contributed by atoms with Crippen LogP contribution in [0.5, 0.6) is 0 Å². The van der Waals surface area contributed by atoms with Crippen LogP contribution in [0.2, 0.25) is 0 Å². The third-order valence-corrected chi connectivity index (χ3v) is 4.40. The molecule has 2 aromatic carbocycles. The Morgan fingerprint density at radius 3 is 2.27 bits per heavy atom. The highest BCUT2D eigenvalue weighted by Crippen LogP contribution is 2.50. The second-order valence-corrected chi connectivity index (χ2v) is 5.59. The maximum absolute atomic E-state index is 4.60. The van der Waals surface area contributed by atoms with Crippen molar-refractivity contribution in [2.75, 3.05) is 9.80 Å². The molecule has 1 atom stereocenters. The summed E-state index contributed by atoms with van der Waals surface area (Å²) in [7, 11) is 0. The first-order chi connectivity index (χ1) is 10.9. The summed E-state index contributed by atoms with van der Waals surface area (Å²) in [6, 6.07) is 19.0. The van der Waals surface area contributed by atoms with Gasteiger partial charge in [-0.05, 0) is 23.8 Å². The van der Waals surface area contributed by atoms with Gasteiger partial charge in [0.2, 0.25) is 0 Å². The molecule has 0 spiro atoms. The molecule has 1 unspecified atom stereocenters. The van der Waals surface area contributed by atoms with Gasteiger partial charge in [0, 0.05) is 30.2 Å². The molecule has 2 aliphatic rings. The molecule has 0 amide bonds. The molecule has 1 aromatic heterocycles. The zero-order chi connectivity index (χ0) is 14.5. The van der Waals surface area contributed by atoms with E-state index in [0.717, 1.165) is 23.7 Å². The summed E-state index contributed by atoms with van der Waals surface area (Å²) >= 11 is 0. The van der Waals surface area contributed by atoms with Crippen LogP contribution >= 0.6 is 0 Å². The van der Waals surface area contributed by atoms with Gasteiger partial charge in [0.25, 0.3) is 0 Å². The highest BCUT2D eigenvalue weighted by Gasteiger charge is 2.44. The molecule has 106 valence electrons. The fourth-order valence-electron chi connectivity index (χ4n) is 3.52. The van der Waals surface area contributed by atoms with Gasteiger partial charge in [-0.25, -0.2) is 9.97 Å². The van der Waals surface area contributed by atoms with Crippen molar-refractivity contribution >= 4 is 23.0 Å². The average Bonchev–Trinajstić information content (AvgIpc) is 3.10. The predicted molar refractivity (Wildman–Crippen MR) is 86.7 cm³/mol. The van der Waals surface area contributed by atoms with Crippen molar-refractivity contribution < 1.29 is 0 Å².